The standard InChI is InChI=1S/C23H24N2O/c1-26-22-14-12-20(13-15-22)23-24(18-19-8-4-2-5-9-19)16-17-25(23)21-10-6-3-7-11-21/h2-15,23H,16-18H2,1H3. The summed E-state index contributed by atoms with van der Waals surface area (Å²) in [5.74, 6) is 0.896. The third-order valence-corrected chi connectivity index (χ3v) is 5.00. The van der Waals surface area contributed by atoms with Crippen molar-refractivity contribution < 1.29 is 4.74 Å². The molecule has 0 radical (unpaired) electrons. The average Bonchev–Trinajstić information content (AvgIpc) is 3.13. The quantitative estimate of drug-likeness (QED) is 0.666. The van der Waals surface area contributed by atoms with Crippen LogP contribution in [0.2, 0.25) is 0 Å². The molecule has 26 heavy (non-hydrogen) atoms. The van der Waals surface area contributed by atoms with Crippen LogP contribution in [0.1, 0.15) is 17.3 Å². The Kier molecular flexibility index (Phi) is 4.89. The molecule has 4 rings (SSSR count). The summed E-state index contributed by atoms with van der Waals surface area (Å²) in [6, 6.07) is 29.9. The molecule has 0 amide bonds. The number of hydrogen-bond acceptors (Lipinski definition) is 3. The van der Waals surface area contributed by atoms with Crippen molar-refractivity contribution in [2.24, 2.45) is 0 Å². The van der Waals surface area contributed by atoms with Gasteiger partial charge in [-0.1, -0.05) is 60.7 Å². The molecule has 132 valence electrons. The highest BCUT2D eigenvalue weighted by atomic mass is 16.5. The van der Waals surface area contributed by atoms with Gasteiger partial charge in [-0.05, 0) is 35.4 Å². The average molecular weight is 344 g/mol. The Hall–Kier alpha value is -2.78. The highest BCUT2D eigenvalue weighted by Gasteiger charge is 2.33. The number of ether oxygens (including phenoxy) is 1. The van der Waals surface area contributed by atoms with Crippen molar-refractivity contribution in [2.75, 3.05) is 25.1 Å². The van der Waals surface area contributed by atoms with E-state index in [1.807, 2.05) is 0 Å². The third-order valence-electron chi connectivity index (χ3n) is 5.00. The Bertz CT molecular complexity index is 818. The third kappa shape index (κ3) is 3.44. The Morgan fingerprint density at radius 3 is 2.12 bits per heavy atom. The molecule has 0 N–H and O–H groups in total. The lowest BCUT2D eigenvalue weighted by molar-refractivity contribution is 0.249. The first-order valence-corrected chi connectivity index (χ1v) is 9.09. The van der Waals surface area contributed by atoms with Gasteiger partial charge in [0.2, 0.25) is 0 Å². The summed E-state index contributed by atoms with van der Waals surface area (Å²) >= 11 is 0. The van der Waals surface area contributed by atoms with Crippen LogP contribution in [0.3, 0.4) is 0 Å². The predicted octanol–water partition coefficient (Wildman–Crippen LogP) is 4.72. The van der Waals surface area contributed by atoms with Crippen molar-refractivity contribution in [3.8, 4) is 5.75 Å². The first kappa shape index (κ1) is 16.7. The first-order chi connectivity index (χ1) is 12.8. The molecule has 0 bridgehead atoms. The fourth-order valence-corrected chi connectivity index (χ4v) is 3.72. The summed E-state index contributed by atoms with van der Waals surface area (Å²) in [5, 5.41) is 0. The van der Waals surface area contributed by atoms with Gasteiger partial charge in [-0.3, -0.25) is 4.90 Å². The predicted molar refractivity (Wildman–Crippen MR) is 106 cm³/mol. The lowest BCUT2D eigenvalue weighted by Gasteiger charge is -2.32. The monoisotopic (exact) mass is 344 g/mol. The van der Waals surface area contributed by atoms with Gasteiger partial charge in [0, 0.05) is 25.3 Å². The molecule has 0 spiro atoms. The zero-order valence-electron chi connectivity index (χ0n) is 15.1. The van der Waals surface area contributed by atoms with Crippen molar-refractivity contribution in [2.45, 2.75) is 12.7 Å². The second-order valence-electron chi connectivity index (χ2n) is 6.63. The summed E-state index contributed by atoms with van der Waals surface area (Å²) in [5.41, 5.74) is 3.91. The van der Waals surface area contributed by atoms with Crippen LogP contribution in [0, 0.1) is 0 Å². The summed E-state index contributed by atoms with van der Waals surface area (Å²) in [6.07, 6.45) is 0.225. The molecule has 1 heterocycles. The van der Waals surface area contributed by atoms with Gasteiger partial charge in [0.15, 0.2) is 0 Å². The molecule has 0 aromatic heterocycles. The largest absolute Gasteiger partial charge is 0.497 e. The number of methoxy groups -OCH3 is 1. The van der Waals surface area contributed by atoms with E-state index >= 15 is 0 Å². The first-order valence-electron chi connectivity index (χ1n) is 9.09. The lowest BCUT2D eigenvalue weighted by Crippen LogP contribution is -2.30. The van der Waals surface area contributed by atoms with E-state index in [1.165, 1.54) is 16.8 Å². The highest BCUT2D eigenvalue weighted by molar-refractivity contribution is 5.50. The van der Waals surface area contributed by atoms with E-state index in [-0.39, 0.29) is 6.17 Å². The zero-order chi connectivity index (χ0) is 17.8. The van der Waals surface area contributed by atoms with Crippen LogP contribution in [0.15, 0.2) is 84.9 Å². The van der Waals surface area contributed by atoms with Gasteiger partial charge in [-0.15, -0.1) is 0 Å². The second-order valence-corrected chi connectivity index (χ2v) is 6.63. The molecular weight excluding hydrogens is 320 g/mol. The van der Waals surface area contributed by atoms with E-state index in [4.69, 9.17) is 4.74 Å². The highest BCUT2D eigenvalue weighted by Crippen LogP contribution is 2.35. The van der Waals surface area contributed by atoms with E-state index in [2.05, 4.69) is 94.7 Å². The Morgan fingerprint density at radius 1 is 0.808 bits per heavy atom. The molecule has 1 atom stereocenters. The fourth-order valence-electron chi connectivity index (χ4n) is 3.72. The fraction of sp³-hybridized carbons (Fsp3) is 0.217. The number of hydrogen-bond donors (Lipinski definition) is 0. The van der Waals surface area contributed by atoms with Gasteiger partial charge in [0.25, 0.3) is 0 Å². The maximum Gasteiger partial charge on any atom is 0.118 e. The number of nitrogens with zero attached hydrogens (tertiary/aromatic N) is 2. The Balaban J connectivity index is 1.67. The van der Waals surface area contributed by atoms with E-state index in [9.17, 15) is 0 Å². The van der Waals surface area contributed by atoms with Crippen molar-refractivity contribution in [1.29, 1.82) is 0 Å². The van der Waals surface area contributed by atoms with Gasteiger partial charge in [-0.2, -0.15) is 0 Å². The zero-order valence-corrected chi connectivity index (χ0v) is 15.1. The molecule has 3 heteroatoms. The van der Waals surface area contributed by atoms with Gasteiger partial charge in [-0.25, -0.2) is 0 Å². The van der Waals surface area contributed by atoms with E-state index < -0.39 is 0 Å². The van der Waals surface area contributed by atoms with Crippen molar-refractivity contribution in [3.05, 3.63) is 96.1 Å². The summed E-state index contributed by atoms with van der Waals surface area (Å²) < 4.78 is 5.34. The van der Waals surface area contributed by atoms with Crippen LogP contribution >= 0.6 is 0 Å². The van der Waals surface area contributed by atoms with Crippen LogP contribution < -0.4 is 9.64 Å². The number of para-hydroxylation sites is 1. The van der Waals surface area contributed by atoms with E-state index in [0.717, 1.165) is 25.4 Å². The maximum atomic E-state index is 5.34. The van der Waals surface area contributed by atoms with Gasteiger partial charge in [0.1, 0.15) is 11.9 Å². The van der Waals surface area contributed by atoms with Crippen molar-refractivity contribution >= 4 is 5.69 Å². The summed E-state index contributed by atoms with van der Waals surface area (Å²) in [7, 11) is 1.71. The summed E-state index contributed by atoms with van der Waals surface area (Å²) in [6.45, 7) is 3.01. The van der Waals surface area contributed by atoms with Crippen LogP contribution in [0.5, 0.6) is 5.75 Å². The van der Waals surface area contributed by atoms with E-state index in [1.54, 1.807) is 7.11 Å². The molecule has 0 saturated carbocycles. The number of anilines is 1. The smallest absolute Gasteiger partial charge is 0.118 e. The molecule has 0 aliphatic carbocycles. The molecule has 1 aliphatic heterocycles. The van der Waals surface area contributed by atoms with Crippen LogP contribution in [0.4, 0.5) is 5.69 Å². The molecule has 1 fully saturated rings. The van der Waals surface area contributed by atoms with Crippen LogP contribution in [-0.4, -0.2) is 25.1 Å². The molecule has 1 saturated heterocycles. The SMILES string of the molecule is COc1ccc(C2N(Cc3ccccc3)CCN2c2ccccc2)cc1. The maximum absolute atomic E-state index is 5.34. The summed E-state index contributed by atoms with van der Waals surface area (Å²) in [4.78, 5) is 5.04. The number of rotatable bonds is 5. The lowest BCUT2D eigenvalue weighted by atomic mass is 10.1. The molecule has 1 aliphatic rings. The molecule has 3 aromatic carbocycles. The van der Waals surface area contributed by atoms with E-state index in [0.29, 0.717) is 0 Å². The minimum Gasteiger partial charge on any atom is -0.497 e. The molecule has 1 unspecified atom stereocenters. The minimum atomic E-state index is 0.225. The van der Waals surface area contributed by atoms with Crippen molar-refractivity contribution in [1.82, 2.24) is 4.90 Å². The molecule has 3 nitrogen and oxygen atoms in total. The minimum absolute atomic E-state index is 0.225. The van der Waals surface area contributed by atoms with Gasteiger partial charge >= 0.3 is 0 Å². The Morgan fingerprint density at radius 2 is 1.46 bits per heavy atom. The van der Waals surface area contributed by atoms with Gasteiger partial charge < -0.3 is 9.64 Å². The second kappa shape index (κ2) is 7.63. The Labute approximate surface area is 155 Å². The topological polar surface area (TPSA) is 15.7 Å². The van der Waals surface area contributed by atoms with Crippen molar-refractivity contribution in [3.63, 3.8) is 0 Å². The molecular formula is C23H24N2O. The molecule has 3 aromatic rings. The van der Waals surface area contributed by atoms with Crippen LogP contribution in [0.25, 0.3) is 0 Å². The number of benzene rings is 3. The normalized spacial score (nSPS) is 17.4. The van der Waals surface area contributed by atoms with Crippen LogP contribution in [-0.2, 0) is 6.54 Å². The van der Waals surface area contributed by atoms with Gasteiger partial charge in [0.05, 0.1) is 7.11 Å².